The molecule has 1 saturated carbocycles. The minimum atomic E-state index is -1.48. The maximum atomic E-state index is 12.8. The van der Waals surface area contributed by atoms with Gasteiger partial charge in [-0.15, -0.1) is 5.54 Å². The lowest BCUT2D eigenvalue weighted by molar-refractivity contribution is -0.129. The highest BCUT2D eigenvalue weighted by molar-refractivity contribution is 6.84. The van der Waals surface area contributed by atoms with Crippen LogP contribution in [0.4, 0.5) is 0 Å². The molecule has 0 unspecified atom stereocenters. The van der Waals surface area contributed by atoms with Crippen molar-refractivity contribution in [2.75, 3.05) is 0 Å². The normalized spacial score (nSPS) is 36.8. The third-order valence-corrected chi connectivity index (χ3v) is 6.10. The van der Waals surface area contributed by atoms with Crippen LogP contribution in [0.3, 0.4) is 0 Å². The summed E-state index contributed by atoms with van der Waals surface area (Å²) in [6, 6.07) is 0. The van der Waals surface area contributed by atoms with E-state index in [9.17, 15) is 4.79 Å². The molecule has 20 heavy (non-hydrogen) atoms. The van der Waals surface area contributed by atoms with Crippen molar-refractivity contribution < 1.29 is 4.79 Å². The number of carbonyl (C=O) groups is 1. The predicted molar refractivity (Wildman–Crippen MR) is 88.0 cm³/mol. The van der Waals surface area contributed by atoms with Gasteiger partial charge < -0.3 is 0 Å². The largest absolute Gasteiger partial charge is 0.284 e. The van der Waals surface area contributed by atoms with Crippen molar-refractivity contribution >= 4 is 13.9 Å². The molecule has 0 N–H and O–H groups in total. The second-order valence-corrected chi connectivity index (χ2v) is 12.6. The second kappa shape index (κ2) is 5.52. The highest BCUT2D eigenvalue weighted by Crippen LogP contribution is 2.51. The van der Waals surface area contributed by atoms with E-state index in [4.69, 9.17) is 0 Å². The molecule has 0 bridgehead atoms. The van der Waals surface area contributed by atoms with Crippen LogP contribution in [0.2, 0.25) is 19.6 Å². The molecule has 110 valence electrons. The lowest BCUT2D eigenvalue weighted by atomic mass is 9.55. The fraction of sp³-hybridized carbons (Fsp3) is 0.722. The van der Waals surface area contributed by atoms with Gasteiger partial charge in [-0.2, -0.15) is 0 Å². The third kappa shape index (κ3) is 2.93. The zero-order chi connectivity index (χ0) is 15.0. The van der Waals surface area contributed by atoms with Crippen LogP contribution in [0.15, 0.2) is 12.2 Å². The number of fused-ring (bicyclic) bond motifs is 1. The lowest BCUT2D eigenvalue weighted by Crippen LogP contribution is -2.46. The van der Waals surface area contributed by atoms with E-state index in [1.807, 2.05) is 0 Å². The highest BCUT2D eigenvalue weighted by Gasteiger charge is 2.49. The molecule has 2 aliphatic rings. The Labute approximate surface area is 125 Å². The van der Waals surface area contributed by atoms with E-state index < -0.39 is 8.07 Å². The fourth-order valence-electron chi connectivity index (χ4n) is 3.74. The first-order chi connectivity index (χ1) is 9.25. The molecule has 4 atom stereocenters. The van der Waals surface area contributed by atoms with Crippen molar-refractivity contribution in [2.45, 2.75) is 59.2 Å². The summed E-state index contributed by atoms with van der Waals surface area (Å²) >= 11 is 0. The highest BCUT2D eigenvalue weighted by atomic mass is 28.3. The van der Waals surface area contributed by atoms with Crippen molar-refractivity contribution in [3.05, 3.63) is 12.2 Å². The van der Waals surface area contributed by atoms with E-state index in [0.717, 1.165) is 0 Å². The smallest absolute Gasteiger partial charge is 0.211 e. The monoisotopic (exact) mass is 288 g/mol. The van der Waals surface area contributed by atoms with E-state index in [1.165, 1.54) is 25.7 Å². The molecule has 1 fully saturated rings. The van der Waals surface area contributed by atoms with Gasteiger partial charge in [-0.1, -0.05) is 58.5 Å². The Bertz CT molecular complexity index is 474. The number of hydrogen-bond acceptors (Lipinski definition) is 1. The molecular formula is C18H28OSi. The van der Waals surface area contributed by atoms with Crippen molar-refractivity contribution in [1.82, 2.24) is 0 Å². The zero-order valence-electron chi connectivity index (χ0n) is 13.6. The molecule has 0 aromatic heterocycles. The maximum absolute atomic E-state index is 12.8. The minimum absolute atomic E-state index is 0.189. The van der Waals surface area contributed by atoms with Crippen LogP contribution in [0.5, 0.6) is 0 Å². The van der Waals surface area contributed by atoms with E-state index >= 15 is 0 Å². The molecule has 0 spiro atoms. The molecule has 1 nitrogen and oxygen atoms in total. The average molecular weight is 289 g/mol. The maximum Gasteiger partial charge on any atom is 0.211 e. The summed E-state index contributed by atoms with van der Waals surface area (Å²) in [6.07, 6.45) is 9.65. The van der Waals surface area contributed by atoms with Crippen molar-refractivity contribution in [1.29, 1.82) is 0 Å². The summed E-state index contributed by atoms with van der Waals surface area (Å²) in [4.78, 5) is 12.8. The molecule has 0 amide bonds. The topological polar surface area (TPSA) is 17.1 Å². The van der Waals surface area contributed by atoms with Crippen molar-refractivity contribution in [3.63, 3.8) is 0 Å². The first kappa shape index (κ1) is 15.6. The molecule has 0 aromatic rings. The van der Waals surface area contributed by atoms with Gasteiger partial charge in [0.1, 0.15) is 8.07 Å². The van der Waals surface area contributed by atoms with Crippen LogP contribution in [0.1, 0.15) is 39.5 Å². The third-order valence-electron chi connectivity index (χ3n) is 5.22. The van der Waals surface area contributed by atoms with Crippen molar-refractivity contribution in [2.24, 2.45) is 23.2 Å². The van der Waals surface area contributed by atoms with E-state index in [1.54, 1.807) is 0 Å². The summed E-state index contributed by atoms with van der Waals surface area (Å²) in [5, 5.41) is 0. The van der Waals surface area contributed by atoms with Gasteiger partial charge >= 0.3 is 0 Å². The Morgan fingerprint density at radius 3 is 2.50 bits per heavy atom. The fourth-order valence-corrected chi connectivity index (χ4v) is 4.22. The molecule has 0 aliphatic heterocycles. The van der Waals surface area contributed by atoms with Crippen LogP contribution in [-0.2, 0) is 4.79 Å². The lowest BCUT2D eigenvalue weighted by Gasteiger charge is -2.47. The second-order valence-electron chi connectivity index (χ2n) is 7.84. The molecule has 2 rings (SSSR count). The Kier molecular flexibility index (Phi) is 4.30. The van der Waals surface area contributed by atoms with E-state index in [-0.39, 0.29) is 11.2 Å². The summed E-state index contributed by atoms with van der Waals surface area (Å²) < 4.78 is 0. The van der Waals surface area contributed by atoms with Crippen LogP contribution < -0.4 is 0 Å². The standard InChI is InChI=1S/C18H28OSi/c1-14-10-11-15-8-6-7-9-16(15)18(14,2)17(19)12-13-20(3,4)5/h10-11,14-16H,6-9H2,1-5H3/t14-,15+,16-,18-/m1/s1. The van der Waals surface area contributed by atoms with Crippen molar-refractivity contribution in [3.8, 4) is 11.5 Å². The Hall–Kier alpha value is -0.813. The van der Waals surface area contributed by atoms with E-state index in [2.05, 4.69) is 57.1 Å². The Morgan fingerprint density at radius 1 is 1.20 bits per heavy atom. The summed E-state index contributed by atoms with van der Waals surface area (Å²) in [6.45, 7) is 11.0. The molecule has 0 aromatic carbocycles. The number of ketones is 1. The summed E-state index contributed by atoms with van der Waals surface area (Å²) in [5.74, 6) is 4.63. The van der Waals surface area contributed by atoms with E-state index in [0.29, 0.717) is 17.8 Å². The van der Waals surface area contributed by atoms with Gasteiger partial charge in [0, 0.05) is 5.41 Å². The van der Waals surface area contributed by atoms with Gasteiger partial charge in [0.25, 0.3) is 0 Å². The number of rotatable bonds is 1. The van der Waals surface area contributed by atoms with Gasteiger partial charge in [0.2, 0.25) is 5.78 Å². The number of carbonyl (C=O) groups excluding carboxylic acids is 1. The van der Waals surface area contributed by atoms with Crippen LogP contribution in [0.25, 0.3) is 0 Å². The van der Waals surface area contributed by atoms with Crippen LogP contribution in [-0.4, -0.2) is 13.9 Å². The SMILES string of the molecule is C[C@@H]1C=C[C@@H]2CCCC[C@H]2[C@]1(C)C(=O)C#C[Si](C)(C)C. The number of hydrogen-bond donors (Lipinski definition) is 0. The average Bonchev–Trinajstić information content (AvgIpc) is 2.39. The number of Topliss-reactive ketones (excluding diaryl/α,β-unsaturated/α-hetero) is 1. The summed E-state index contributed by atoms with van der Waals surface area (Å²) in [7, 11) is -1.48. The molecule has 0 heterocycles. The molecule has 2 heteroatoms. The Morgan fingerprint density at radius 2 is 1.85 bits per heavy atom. The Balaban J connectivity index is 2.32. The first-order valence-corrected chi connectivity index (χ1v) is 11.5. The zero-order valence-corrected chi connectivity index (χ0v) is 14.6. The number of allylic oxidation sites excluding steroid dienone is 2. The molecule has 0 saturated heterocycles. The predicted octanol–water partition coefficient (Wildman–Crippen LogP) is 4.45. The van der Waals surface area contributed by atoms with Gasteiger partial charge in [0.15, 0.2) is 0 Å². The molecule has 2 aliphatic carbocycles. The van der Waals surface area contributed by atoms with Gasteiger partial charge in [0.05, 0.1) is 0 Å². The van der Waals surface area contributed by atoms with Crippen LogP contribution in [0, 0.1) is 34.6 Å². The molecule has 0 radical (unpaired) electrons. The van der Waals surface area contributed by atoms with Gasteiger partial charge in [-0.3, -0.25) is 4.79 Å². The quantitative estimate of drug-likeness (QED) is 0.396. The first-order valence-electron chi connectivity index (χ1n) is 8.01. The summed E-state index contributed by atoms with van der Waals surface area (Å²) in [5.41, 5.74) is 3.00. The van der Waals surface area contributed by atoms with Crippen LogP contribution >= 0.6 is 0 Å². The van der Waals surface area contributed by atoms with Gasteiger partial charge in [-0.25, -0.2) is 0 Å². The molecular weight excluding hydrogens is 260 g/mol. The minimum Gasteiger partial charge on any atom is -0.284 e. The van der Waals surface area contributed by atoms with Gasteiger partial charge in [-0.05, 0) is 36.5 Å².